The van der Waals surface area contributed by atoms with E-state index in [4.69, 9.17) is 14.4 Å². The van der Waals surface area contributed by atoms with Gasteiger partial charge in [0.05, 0.1) is 12.3 Å². The number of hydrogen-bond donors (Lipinski definition) is 2. The molecule has 0 aromatic heterocycles. The number of aliphatic carboxylic acids is 2. The third-order valence-electron chi connectivity index (χ3n) is 4.15. The van der Waals surface area contributed by atoms with Crippen molar-refractivity contribution in [3.8, 4) is 0 Å². The molecule has 160 valence electrons. The van der Waals surface area contributed by atoms with Crippen molar-refractivity contribution in [1.82, 2.24) is 4.90 Å². The molecule has 3 rings (SSSR count). The lowest BCUT2D eigenvalue weighted by atomic mass is 9.94. The van der Waals surface area contributed by atoms with Crippen molar-refractivity contribution in [3.63, 3.8) is 0 Å². The van der Waals surface area contributed by atoms with E-state index in [9.17, 15) is 18.0 Å². The van der Waals surface area contributed by atoms with Gasteiger partial charge in [-0.3, -0.25) is 9.08 Å². The maximum atomic E-state index is 11.2. The summed E-state index contributed by atoms with van der Waals surface area (Å²) >= 11 is 0. The molecule has 0 unspecified atom stereocenters. The summed E-state index contributed by atoms with van der Waals surface area (Å²) in [7, 11) is -3.39. The van der Waals surface area contributed by atoms with Gasteiger partial charge in [0.2, 0.25) is 0 Å². The van der Waals surface area contributed by atoms with Crippen molar-refractivity contribution in [2.45, 2.75) is 12.1 Å². The summed E-state index contributed by atoms with van der Waals surface area (Å²) < 4.78 is 27.5. The predicted molar refractivity (Wildman–Crippen MR) is 110 cm³/mol. The first-order chi connectivity index (χ1) is 14.2. The molecular formula is C21H23NO7S. The lowest BCUT2D eigenvalue weighted by molar-refractivity contribution is -0.134. The molecule has 0 spiro atoms. The zero-order valence-corrected chi connectivity index (χ0v) is 17.1. The van der Waals surface area contributed by atoms with Crippen molar-refractivity contribution in [1.29, 1.82) is 0 Å². The van der Waals surface area contributed by atoms with E-state index < -0.39 is 22.1 Å². The number of carboxylic acids is 2. The molecule has 0 radical (unpaired) electrons. The van der Waals surface area contributed by atoms with Gasteiger partial charge in [-0.25, -0.2) is 9.59 Å². The lowest BCUT2D eigenvalue weighted by Crippen LogP contribution is -2.54. The first-order valence-corrected chi connectivity index (χ1v) is 10.8. The Morgan fingerprint density at radius 2 is 1.33 bits per heavy atom. The zero-order chi connectivity index (χ0) is 22.1. The molecule has 1 aliphatic heterocycles. The van der Waals surface area contributed by atoms with Crippen LogP contribution in [0.3, 0.4) is 0 Å². The number of likely N-dealkylation sites (tertiary alicyclic amines) is 1. The fourth-order valence-corrected chi connectivity index (χ4v) is 3.63. The fourth-order valence-electron chi connectivity index (χ4n) is 3.02. The molecule has 0 saturated carbocycles. The van der Waals surface area contributed by atoms with Crippen LogP contribution < -0.4 is 0 Å². The van der Waals surface area contributed by atoms with E-state index in [2.05, 4.69) is 29.2 Å². The summed E-state index contributed by atoms with van der Waals surface area (Å²) in [6.07, 6.45) is 1.97. The van der Waals surface area contributed by atoms with Gasteiger partial charge < -0.3 is 10.2 Å². The standard InChI is InChI=1S/C17H19NO3S.C4H4O4/c1-22(19,20)21-16-12-18(13-16)17(14-8-4-2-5-9-14)15-10-6-3-7-11-15;5-3(6)1-2-4(7)8/h2-11,16-17H,12-13H2,1H3;1-2H,(H,5,6)(H,7,8)/b;2-1-. The minimum absolute atomic E-state index is 0.127. The van der Waals surface area contributed by atoms with Gasteiger partial charge in [-0.05, 0) is 11.1 Å². The van der Waals surface area contributed by atoms with E-state index in [0.717, 1.165) is 6.26 Å². The van der Waals surface area contributed by atoms with Crippen LogP contribution in [-0.4, -0.2) is 60.9 Å². The molecule has 1 aliphatic rings. The van der Waals surface area contributed by atoms with Crippen LogP contribution >= 0.6 is 0 Å². The Kier molecular flexibility index (Phi) is 8.28. The van der Waals surface area contributed by atoms with Gasteiger partial charge in [-0.15, -0.1) is 0 Å². The highest BCUT2D eigenvalue weighted by Crippen LogP contribution is 2.33. The summed E-state index contributed by atoms with van der Waals surface area (Å²) in [5.74, 6) is -2.51. The minimum atomic E-state index is -3.39. The SMILES string of the molecule is CS(=O)(=O)OC1CN(C(c2ccccc2)c2ccccc2)C1.O=C(O)/C=C\C(=O)O. The predicted octanol–water partition coefficient (Wildman–Crippen LogP) is 2.15. The Bertz CT molecular complexity index is 913. The van der Waals surface area contributed by atoms with Crippen molar-refractivity contribution < 1.29 is 32.4 Å². The topological polar surface area (TPSA) is 121 Å². The quantitative estimate of drug-likeness (QED) is 0.503. The number of rotatable bonds is 7. The van der Waals surface area contributed by atoms with Crippen molar-refractivity contribution in [3.05, 3.63) is 83.9 Å². The zero-order valence-electron chi connectivity index (χ0n) is 16.3. The Morgan fingerprint density at radius 1 is 0.933 bits per heavy atom. The van der Waals surface area contributed by atoms with Gasteiger partial charge in [0.15, 0.2) is 0 Å². The molecule has 8 nitrogen and oxygen atoms in total. The van der Waals surface area contributed by atoms with E-state index in [-0.39, 0.29) is 12.1 Å². The van der Waals surface area contributed by atoms with Crippen molar-refractivity contribution in [2.75, 3.05) is 19.3 Å². The number of carbonyl (C=O) groups is 2. The number of benzene rings is 2. The number of nitrogens with zero attached hydrogens (tertiary/aromatic N) is 1. The molecule has 2 aromatic carbocycles. The summed E-state index contributed by atoms with van der Waals surface area (Å²) in [4.78, 5) is 21.3. The van der Waals surface area contributed by atoms with E-state index in [1.54, 1.807) is 0 Å². The third-order valence-corrected chi connectivity index (χ3v) is 4.77. The summed E-state index contributed by atoms with van der Waals surface area (Å²) in [5, 5.41) is 15.6. The molecule has 9 heteroatoms. The maximum absolute atomic E-state index is 11.2. The molecule has 30 heavy (non-hydrogen) atoms. The average Bonchev–Trinajstić information content (AvgIpc) is 2.66. The monoisotopic (exact) mass is 433 g/mol. The molecule has 0 bridgehead atoms. The Morgan fingerprint density at radius 3 is 1.67 bits per heavy atom. The van der Waals surface area contributed by atoms with Gasteiger partial charge >= 0.3 is 11.9 Å². The Balaban J connectivity index is 0.000000343. The van der Waals surface area contributed by atoms with E-state index in [0.29, 0.717) is 25.2 Å². The van der Waals surface area contributed by atoms with Crippen molar-refractivity contribution in [2.24, 2.45) is 0 Å². The molecular weight excluding hydrogens is 410 g/mol. The normalized spacial score (nSPS) is 14.7. The number of hydrogen-bond acceptors (Lipinski definition) is 6. The lowest BCUT2D eigenvalue weighted by Gasteiger charge is -2.43. The first-order valence-electron chi connectivity index (χ1n) is 9.02. The highest BCUT2D eigenvalue weighted by Gasteiger charge is 2.36. The Hall–Kier alpha value is -3.01. The maximum Gasteiger partial charge on any atom is 0.328 e. The second kappa shape index (κ2) is 10.7. The van der Waals surface area contributed by atoms with Gasteiger partial charge in [0, 0.05) is 25.2 Å². The van der Waals surface area contributed by atoms with Crippen LogP contribution in [0.25, 0.3) is 0 Å². The average molecular weight is 433 g/mol. The third kappa shape index (κ3) is 7.78. The van der Waals surface area contributed by atoms with Crippen LogP contribution in [0.1, 0.15) is 17.2 Å². The van der Waals surface area contributed by atoms with E-state index >= 15 is 0 Å². The van der Waals surface area contributed by atoms with Crippen LogP contribution in [0.4, 0.5) is 0 Å². The number of carboxylic acid groups (broad SMARTS) is 2. The molecule has 1 fully saturated rings. The summed E-state index contributed by atoms with van der Waals surface area (Å²) in [6, 6.07) is 20.6. The summed E-state index contributed by atoms with van der Waals surface area (Å²) in [6.45, 7) is 1.23. The highest BCUT2D eigenvalue weighted by molar-refractivity contribution is 7.86. The van der Waals surface area contributed by atoms with Gasteiger partial charge in [-0.1, -0.05) is 60.7 Å². The van der Waals surface area contributed by atoms with E-state index in [1.807, 2.05) is 36.4 Å². The summed E-state index contributed by atoms with van der Waals surface area (Å²) in [5.41, 5.74) is 2.40. The molecule has 1 heterocycles. The first kappa shape index (κ1) is 23.3. The fraction of sp³-hybridized carbons (Fsp3) is 0.238. The molecule has 2 aromatic rings. The minimum Gasteiger partial charge on any atom is -0.478 e. The molecule has 0 atom stereocenters. The van der Waals surface area contributed by atoms with Crippen LogP contribution in [0.2, 0.25) is 0 Å². The molecule has 0 aliphatic carbocycles. The van der Waals surface area contributed by atoms with Crippen LogP contribution in [0.5, 0.6) is 0 Å². The van der Waals surface area contributed by atoms with Crippen LogP contribution in [0.15, 0.2) is 72.8 Å². The van der Waals surface area contributed by atoms with Gasteiger partial charge in [-0.2, -0.15) is 8.42 Å². The second-order valence-electron chi connectivity index (χ2n) is 6.61. The molecule has 2 N–H and O–H groups in total. The highest BCUT2D eigenvalue weighted by atomic mass is 32.2. The Labute approximate surface area is 175 Å². The van der Waals surface area contributed by atoms with Crippen LogP contribution in [0, 0.1) is 0 Å². The molecule has 1 saturated heterocycles. The van der Waals surface area contributed by atoms with Gasteiger partial charge in [0.25, 0.3) is 10.1 Å². The van der Waals surface area contributed by atoms with Gasteiger partial charge in [0.1, 0.15) is 6.10 Å². The smallest absolute Gasteiger partial charge is 0.328 e. The molecule has 0 amide bonds. The van der Waals surface area contributed by atoms with Crippen LogP contribution in [-0.2, 0) is 23.9 Å². The van der Waals surface area contributed by atoms with E-state index in [1.165, 1.54) is 11.1 Å². The second-order valence-corrected chi connectivity index (χ2v) is 8.21. The largest absolute Gasteiger partial charge is 0.478 e. The van der Waals surface area contributed by atoms with Crippen molar-refractivity contribution >= 4 is 22.1 Å².